The summed E-state index contributed by atoms with van der Waals surface area (Å²) in [4.78, 5) is 3.10. The number of rotatable bonds is 3. The summed E-state index contributed by atoms with van der Waals surface area (Å²) in [6, 6.07) is 0. The Bertz CT molecular complexity index is 110. The van der Waals surface area contributed by atoms with E-state index in [1.165, 1.54) is 0 Å². The SMILES string of the molecule is CCC/C=N\OC(F)(F)F. The van der Waals surface area contributed by atoms with Gasteiger partial charge in [0.05, 0.1) is 0 Å². The van der Waals surface area contributed by atoms with Crippen LogP contribution in [0.1, 0.15) is 19.8 Å². The summed E-state index contributed by atoms with van der Waals surface area (Å²) in [7, 11) is 0. The predicted molar refractivity (Wildman–Crippen MR) is 30.5 cm³/mol. The van der Waals surface area contributed by atoms with Crippen molar-refractivity contribution in [3.05, 3.63) is 0 Å². The van der Waals surface area contributed by atoms with Crippen molar-refractivity contribution in [2.24, 2.45) is 5.16 Å². The molecule has 0 radical (unpaired) electrons. The number of nitrogens with zero attached hydrogens (tertiary/aromatic N) is 1. The Kier molecular flexibility index (Phi) is 3.83. The molecule has 0 aromatic rings. The van der Waals surface area contributed by atoms with Crippen molar-refractivity contribution in [2.75, 3.05) is 0 Å². The molecule has 0 bridgehead atoms. The van der Waals surface area contributed by atoms with Gasteiger partial charge >= 0.3 is 6.36 Å². The van der Waals surface area contributed by atoms with Gasteiger partial charge in [-0.25, -0.2) is 0 Å². The second-order valence-corrected chi connectivity index (χ2v) is 1.61. The van der Waals surface area contributed by atoms with Gasteiger partial charge in [-0.2, -0.15) is 0 Å². The molecule has 10 heavy (non-hydrogen) atoms. The first-order valence-corrected chi connectivity index (χ1v) is 2.83. The Morgan fingerprint density at radius 1 is 1.50 bits per heavy atom. The highest BCUT2D eigenvalue weighted by atomic mass is 19.4. The number of halogens is 3. The molecule has 5 heteroatoms. The highest BCUT2D eigenvalue weighted by molar-refractivity contribution is 5.55. The van der Waals surface area contributed by atoms with Crippen LogP contribution in [0.25, 0.3) is 0 Å². The Morgan fingerprint density at radius 2 is 2.10 bits per heavy atom. The number of alkyl halides is 3. The number of hydrogen-bond acceptors (Lipinski definition) is 2. The average Bonchev–Trinajstić information content (AvgIpc) is 1.78. The Hall–Kier alpha value is -0.740. The summed E-state index contributed by atoms with van der Waals surface area (Å²) in [6.07, 6.45) is -2.31. The van der Waals surface area contributed by atoms with Gasteiger partial charge in [-0.1, -0.05) is 18.5 Å². The molecule has 0 aromatic heterocycles. The molecular weight excluding hydrogens is 147 g/mol. The molecule has 0 heterocycles. The summed E-state index contributed by atoms with van der Waals surface area (Å²) < 4.78 is 33.4. The van der Waals surface area contributed by atoms with Crippen LogP contribution in [0.5, 0.6) is 0 Å². The minimum atomic E-state index is -4.65. The zero-order valence-corrected chi connectivity index (χ0v) is 5.48. The van der Waals surface area contributed by atoms with E-state index in [0.717, 1.165) is 12.6 Å². The van der Waals surface area contributed by atoms with E-state index in [9.17, 15) is 13.2 Å². The van der Waals surface area contributed by atoms with E-state index in [0.29, 0.717) is 6.42 Å². The molecular formula is C5H8F3NO. The number of unbranched alkanes of at least 4 members (excludes halogenated alkanes) is 1. The van der Waals surface area contributed by atoms with Gasteiger partial charge in [-0.15, -0.1) is 13.2 Å². The molecule has 0 N–H and O–H groups in total. The minimum absolute atomic E-state index is 0.496. The Labute approximate surface area is 56.7 Å². The second kappa shape index (κ2) is 4.14. The van der Waals surface area contributed by atoms with Crippen molar-refractivity contribution >= 4 is 6.21 Å². The molecule has 0 aliphatic carbocycles. The number of hydrogen-bond donors (Lipinski definition) is 0. The van der Waals surface area contributed by atoms with Gasteiger partial charge in [0, 0.05) is 6.21 Å². The zero-order chi connectivity index (χ0) is 8.04. The molecule has 0 fully saturated rings. The first-order valence-electron chi connectivity index (χ1n) is 2.83. The fourth-order valence-electron chi connectivity index (χ4n) is 0.279. The molecule has 0 rings (SSSR count). The molecule has 60 valence electrons. The molecule has 0 unspecified atom stereocenters. The molecule has 0 amide bonds. The lowest BCUT2D eigenvalue weighted by molar-refractivity contribution is -0.325. The summed E-state index contributed by atoms with van der Waals surface area (Å²) >= 11 is 0. The van der Waals surface area contributed by atoms with Gasteiger partial charge in [0.2, 0.25) is 0 Å². The molecule has 0 aliphatic rings. The smallest absolute Gasteiger partial charge is 0.294 e. The first-order chi connectivity index (χ1) is 4.56. The normalized spacial score (nSPS) is 12.4. The maximum Gasteiger partial charge on any atom is 0.593 e. The van der Waals surface area contributed by atoms with Crippen LogP contribution in [0.2, 0.25) is 0 Å². The van der Waals surface area contributed by atoms with E-state index in [-0.39, 0.29) is 0 Å². The lowest BCUT2D eigenvalue weighted by Gasteiger charge is -1.99. The lowest BCUT2D eigenvalue weighted by atomic mass is 10.4. The van der Waals surface area contributed by atoms with Crippen LogP contribution in [0, 0.1) is 0 Å². The van der Waals surface area contributed by atoms with Crippen molar-refractivity contribution < 1.29 is 18.0 Å². The van der Waals surface area contributed by atoms with Gasteiger partial charge in [-0.3, -0.25) is 4.84 Å². The van der Waals surface area contributed by atoms with Crippen LogP contribution >= 0.6 is 0 Å². The average molecular weight is 155 g/mol. The number of oxime groups is 1. The van der Waals surface area contributed by atoms with Crippen LogP contribution in [-0.2, 0) is 4.84 Å². The molecule has 0 atom stereocenters. The van der Waals surface area contributed by atoms with Crippen molar-refractivity contribution in [3.63, 3.8) is 0 Å². The molecule has 0 aromatic carbocycles. The lowest BCUT2D eigenvalue weighted by Crippen LogP contribution is -2.08. The maximum absolute atomic E-state index is 11.1. The molecule has 2 nitrogen and oxygen atoms in total. The zero-order valence-electron chi connectivity index (χ0n) is 5.48. The van der Waals surface area contributed by atoms with E-state index >= 15 is 0 Å². The standard InChI is InChI=1S/C5H8F3NO/c1-2-3-4-9-10-5(6,7)8/h4H,2-3H2,1H3/b9-4-. The van der Waals surface area contributed by atoms with Crippen LogP contribution < -0.4 is 0 Å². The van der Waals surface area contributed by atoms with Crippen LogP contribution in [0.4, 0.5) is 13.2 Å². The van der Waals surface area contributed by atoms with Gasteiger partial charge < -0.3 is 0 Å². The summed E-state index contributed by atoms with van der Waals surface area (Å²) in [5.74, 6) is 0. The third-order valence-electron chi connectivity index (χ3n) is 0.649. The highest BCUT2D eigenvalue weighted by Crippen LogP contribution is 2.15. The minimum Gasteiger partial charge on any atom is -0.294 e. The Morgan fingerprint density at radius 3 is 2.50 bits per heavy atom. The van der Waals surface area contributed by atoms with Crippen molar-refractivity contribution in [3.8, 4) is 0 Å². The van der Waals surface area contributed by atoms with Gasteiger partial charge in [0.1, 0.15) is 0 Å². The topological polar surface area (TPSA) is 21.6 Å². The quantitative estimate of drug-likeness (QED) is 0.452. The molecule has 0 aliphatic heterocycles. The van der Waals surface area contributed by atoms with E-state index in [1.807, 2.05) is 6.92 Å². The summed E-state index contributed by atoms with van der Waals surface area (Å²) in [5.41, 5.74) is 0. The maximum atomic E-state index is 11.1. The van der Waals surface area contributed by atoms with Gasteiger partial charge in [0.15, 0.2) is 0 Å². The van der Waals surface area contributed by atoms with E-state index in [1.54, 1.807) is 0 Å². The molecule has 0 saturated heterocycles. The first kappa shape index (κ1) is 9.26. The summed E-state index contributed by atoms with van der Waals surface area (Å²) in [6.45, 7) is 1.83. The summed E-state index contributed by atoms with van der Waals surface area (Å²) in [5, 5.41) is 2.68. The molecule has 0 saturated carbocycles. The van der Waals surface area contributed by atoms with Crippen LogP contribution in [0.3, 0.4) is 0 Å². The largest absolute Gasteiger partial charge is 0.593 e. The third kappa shape index (κ3) is 7.26. The van der Waals surface area contributed by atoms with Gasteiger partial charge in [-0.05, 0) is 6.42 Å². The van der Waals surface area contributed by atoms with Crippen LogP contribution in [-0.4, -0.2) is 12.6 Å². The van der Waals surface area contributed by atoms with Crippen LogP contribution in [0.15, 0.2) is 5.16 Å². The highest BCUT2D eigenvalue weighted by Gasteiger charge is 2.30. The fourth-order valence-corrected chi connectivity index (χ4v) is 0.279. The van der Waals surface area contributed by atoms with Crippen molar-refractivity contribution in [1.29, 1.82) is 0 Å². The monoisotopic (exact) mass is 155 g/mol. The Balaban J connectivity index is 3.34. The molecule has 0 spiro atoms. The van der Waals surface area contributed by atoms with E-state index in [4.69, 9.17) is 0 Å². The fraction of sp³-hybridized carbons (Fsp3) is 0.800. The predicted octanol–water partition coefficient (Wildman–Crippen LogP) is 2.31. The van der Waals surface area contributed by atoms with Crippen molar-refractivity contribution in [2.45, 2.75) is 26.1 Å². The van der Waals surface area contributed by atoms with Crippen molar-refractivity contribution in [1.82, 2.24) is 0 Å². The second-order valence-electron chi connectivity index (χ2n) is 1.61. The third-order valence-corrected chi connectivity index (χ3v) is 0.649. The van der Waals surface area contributed by atoms with Gasteiger partial charge in [0.25, 0.3) is 0 Å². The van der Waals surface area contributed by atoms with E-state index in [2.05, 4.69) is 9.99 Å². The van der Waals surface area contributed by atoms with E-state index < -0.39 is 6.36 Å².